The molecule has 2 aromatic carbocycles. The summed E-state index contributed by atoms with van der Waals surface area (Å²) in [5, 5.41) is 3.27. The van der Waals surface area contributed by atoms with Gasteiger partial charge in [-0.15, -0.1) is 11.3 Å². The number of anilines is 1. The highest BCUT2D eigenvalue weighted by Gasteiger charge is 2.27. The van der Waals surface area contributed by atoms with Gasteiger partial charge in [-0.05, 0) is 61.9 Å². The average molecular weight is 499 g/mol. The smallest absolute Gasteiger partial charge is 0.341 e. The van der Waals surface area contributed by atoms with Crippen LogP contribution >= 0.6 is 11.3 Å². The maximum Gasteiger partial charge on any atom is 0.341 e. The first-order valence-electron chi connectivity index (χ1n) is 11.2. The van der Waals surface area contributed by atoms with Gasteiger partial charge >= 0.3 is 5.97 Å². The molecule has 0 aliphatic heterocycles. The standard InChI is InChI=1S/C25H26N2O5S2/c1-2-32-25(29)22-20-13-6-7-14-21(20)33-24(22)27-23(28)18-11-8-12-19(15-18)34(30,31)26-16-17-9-4-3-5-10-17/h3-5,8-12,15,26H,2,6-7,13-14,16H2,1H3,(H,27,28). The van der Waals surface area contributed by atoms with Gasteiger partial charge in [-0.3, -0.25) is 4.79 Å². The van der Waals surface area contributed by atoms with Crippen LogP contribution in [0.25, 0.3) is 0 Å². The van der Waals surface area contributed by atoms with Gasteiger partial charge in [-0.2, -0.15) is 0 Å². The SMILES string of the molecule is CCOC(=O)c1c(NC(=O)c2cccc(S(=O)(=O)NCc3ccccc3)c2)sc2c1CCCC2. The van der Waals surface area contributed by atoms with Crippen molar-refractivity contribution < 1.29 is 22.7 Å². The van der Waals surface area contributed by atoms with Gasteiger partial charge in [0, 0.05) is 17.0 Å². The molecular weight excluding hydrogens is 472 g/mol. The number of carbonyl (C=O) groups is 2. The topological polar surface area (TPSA) is 102 Å². The second kappa shape index (κ2) is 10.5. The van der Waals surface area contributed by atoms with Crippen LogP contribution in [0.3, 0.4) is 0 Å². The molecule has 0 saturated heterocycles. The van der Waals surface area contributed by atoms with Crippen LogP contribution in [0.4, 0.5) is 5.00 Å². The third-order valence-electron chi connectivity index (χ3n) is 5.59. The maximum absolute atomic E-state index is 13.0. The number of hydrogen-bond donors (Lipinski definition) is 2. The molecule has 7 nitrogen and oxygen atoms in total. The maximum atomic E-state index is 13.0. The summed E-state index contributed by atoms with van der Waals surface area (Å²) in [7, 11) is -3.82. The highest BCUT2D eigenvalue weighted by molar-refractivity contribution is 7.89. The van der Waals surface area contributed by atoms with Crippen LogP contribution < -0.4 is 10.0 Å². The Kier molecular flexibility index (Phi) is 7.45. The minimum atomic E-state index is -3.82. The molecule has 3 aromatic rings. The number of hydrogen-bond acceptors (Lipinski definition) is 6. The van der Waals surface area contributed by atoms with Crippen LogP contribution in [-0.4, -0.2) is 26.9 Å². The second-order valence-electron chi connectivity index (χ2n) is 7.93. The molecule has 1 heterocycles. The quantitative estimate of drug-likeness (QED) is 0.444. The minimum Gasteiger partial charge on any atom is -0.462 e. The summed E-state index contributed by atoms with van der Waals surface area (Å²) >= 11 is 1.39. The fourth-order valence-electron chi connectivity index (χ4n) is 3.91. The normalized spacial score (nSPS) is 13.2. The van der Waals surface area contributed by atoms with Gasteiger partial charge in [-0.1, -0.05) is 36.4 Å². The number of esters is 1. The predicted octanol–water partition coefficient (Wildman–Crippen LogP) is 4.53. The van der Waals surface area contributed by atoms with Crippen molar-refractivity contribution >= 4 is 38.2 Å². The van der Waals surface area contributed by atoms with Crippen LogP contribution in [0.2, 0.25) is 0 Å². The van der Waals surface area contributed by atoms with Crippen LogP contribution in [0.5, 0.6) is 0 Å². The van der Waals surface area contributed by atoms with Crippen LogP contribution in [0, 0.1) is 0 Å². The first kappa shape index (κ1) is 24.1. The first-order valence-corrected chi connectivity index (χ1v) is 13.5. The van der Waals surface area contributed by atoms with E-state index in [0.717, 1.165) is 41.7 Å². The van der Waals surface area contributed by atoms with Crippen LogP contribution in [0.15, 0.2) is 59.5 Å². The van der Waals surface area contributed by atoms with E-state index in [1.807, 2.05) is 30.3 Å². The summed E-state index contributed by atoms with van der Waals surface area (Å²) in [6.07, 6.45) is 3.66. The van der Waals surface area contributed by atoms with Gasteiger partial charge < -0.3 is 10.1 Å². The highest BCUT2D eigenvalue weighted by Crippen LogP contribution is 2.38. The van der Waals surface area contributed by atoms with Crippen molar-refractivity contribution in [2.24, 2.45) is 0 Å². The largest absolute Gasteiger partial charge is 0.462 e. The lowest BCUT2D eigenvalue weighted by atomic mass is 9.95. The second-order valence-corrected chi connectivity index (χ2v) is 10.8. The number of thiophene rings is 1. The van der Waals surface area contributed by atoms with Gasteiger partial charge in [-0.25, -0.2) is 17.9 Å². The Labute approximate surface area is 203 Å². The minimum absolute atomic E-state index is 0.00725. The van der Waals surface area contributed by atoms with E-state index in [2.05, 4.69) is 10.0 Å². The zero-order valence-corrected chi connectivity index (χ0v) is 20.4. The lowest BCUT2D eigenvalue weighted by Crippen LogP contribution is -2.23. The number of benzene rings is 2. The molecule has 1 amide bonds. The van der Waals surface area contributed by atoms with Crippen LogP contribution in [-0.2, 0) is 34.1 Å². The Bertz CT molecular complexity index is 1300. The van der Waals surface area contributed by atoms with E-state index in [1.54, 1.807) is 13.0 Å². The Morgan fingerprint density at radius 3 is 2.56 bits per heavy atom. The lowest BCUT2D eigenvalue weighted by Gasteiger charge is -2.12. The van der Waals surface area contributed by atoms with Crippen molar-refractivity contribution in [1.82, 2.24) is 4.72 Å². The summed E-state index contributed by atoms with van der Waals surface area (Å²) in [6.45, 7) is 2.13. The van der Waals surface area contributed by atoms with Gasteiger partial charge in [0.1, 0.15) is 5.00 Å². The number of nitrogens with one attached hydrogen (secondary N) is 2. The summed E-state index contributed by atoms with van der Waals surface area (Å²) in [5.41, 5.74) is 2.38. The fourth-order valence-corrected chi connectivity index (χ4v) is 6.25. The molecule has 0 radical (unpaired) electrons. The number of aryl methyl sites for hydroxylation is 1. The van der Waals surface area contributed by atoms with E-state index in [0.29, 0.717) is 10.6 Å². The molecule has 0 saturated carbocycles. The predicted molar refractivity (Wildman–Crippen MR) is 132 cm³/mol. The summed E-state index contributed by atoms with van der Waals surface area (Å²) in [5.74, 6) is -0.928. The van der Waals surface area contributed by atoms with Gasteiger partial charge in [0.05, 0.1) is 17.1 Å². The summed E-state index contributed by atoms with van der Waals surface area (Å²) < 4.78 is 33.4. The molecule has 34 heavy (non-hydrogen) atoms. The average Bonchev–Trinajstić information content (AvgIpc) is 3.21. The molecule has 1 aliphatic carbocycles. The Hall–Kier alpha value is -3.01. The Morgan fingerprint density at radius 2 is 1.79 bits per heavy atom. The number of sulfonamides is 1. The van der Waals surface area contributed by atoms with Gasteiger partial charge in [0.2, 0.25) is 10.0 Å². The number of fused-ring (bicyclic) bond motifs is 1. The summed E-state index contributed by atoms with van der Waals surface area (Å²) in [4.78, 5) is 26.8. The fraction of sp³-hybridized carbons (Fsp3) is 0.280. The van der Waals surface area contributed by atoms with E-state index in [4.69, 9.17) is 4.74 Å². The zero-order valence-electron chi connectivity index (χ0n) is 18.8. The zero-order chi connectivity index (χ0) is 24.1. The molecular formula is C25H26N2O5S2. The third kappa shape index (κ3) is 5.38. The molecule has 4 rings (SSSR count). The highest BCUT2D eigenvalue weighted by atomic mass is 32.2. The van der Waals surface area contributed by atoms with Crippen molar-refractivity contribution in [3.05, 3.63) is 81.7 Å². The van der Waals surface area contributed by atoms with Crippen molar-refractivity contribution in [3.8, 4) is 0 Å². The molecule has 0 spiro atoms. The van der Waals surface area contributed by atoms with Gasteiger partial charge in [0.15, 0.2) is 0 Å². The number of rotatable bonds is 8. The monoisotopic (exact) mass is 498 g/mol. The molecule has 178 valence electrons. The lowest BCUT2D eigenvalue weighted by molar-refractivity contribution is 0.0526. The van der Waals surface area contributed by atoms with Crippen LogP contribution in [0.1, 0.15) is 56.5 Å². The van der Waals surface area contributed by atoms with Crippen molar-refractivity contribution in [3.63, 3.8) is 0 Å². The van der Waals surface area contributed by atoms with E-state index in [-0.39, 0.29) is 23.6 Å². The number of ether oxygens (including phenoxy) is 1. The number of carbonyl (C=O) groups excluding carboxylic acids is 2. The Morgan fingerprint density at radius 1 is 1.03 bits per heavy atom. The molecule has 0 bridgehead atoms. The van der Waals surface area contributed by atoms with E-state index in [9.17, 15) is 18.0 Å². The molecule has 9 heteroatoms. The molecule has 0 fully saturated rings. The first-order chi connectivity index (χ1) is 16.4. The molecule has 0 unspecified atom stereocenters. The third-order valence-corrected chi connectivity index (χ3v) is 8.20. The summed E-state index contributed by atoms with van der Waals surface area (Å²) in [6, 6.07) is 15.0. The molecule has 1 aromatic heterocycles. The molecule has 0 atom stereocenters. The molecule has 2 N–H and O–H groups in total. The Balaban J connectivity index is 1.55. The van der Waals surface area contributed by atoms with Gasteiger partial charge in [0.25, 0.3) is 5.91 Å². The number of amides is 1. The van der Waals surface area contributed by atoms with Crippen molar-refractivity contribution in [2.45, 2.75) is 44.0 Å². The van der Waals surface area contributed by atoms with Crippen molar-refractivity contribution in [2.75, 3.05) is 11.9 Å². The van der Waals surface area contributed by atoms with Crippen molar-refractivity contribution in [1.29, 1.82) is 0 Å². The molecule has 1 aliphatic rings. The van der Waals surface area contributed by atoms with E-state index >= 15 is 0 Å². The van der Waals surface area contributed by atoms with E-state index in [1.165, 1.54) is 29.5 Å². The van der Waals surface area contributed by atoms with E-state index < -0.39 is 21.9 Å².